The number of pyridine rings is 1. The molecular weight excluding hydrogens is 410 g/mol. The first-order valence-corrected chi connectivity index (χ1v) is 12.0. The second kappa shape index (κ2) is 6.84. The Kier molecular flexibility index (Phi) is 4.42. The van der Waals surface area contributed by atoms with Crippen LogP contribution in [0.25, 0.3) is 32.2 Å². The first kappa shape index (κ1) is 18.1. The van der Waals surface area contributed by atoms with Crippen molar-refractivity contribution < 1.29 is 4.55 Å². The smallest absolute Gasteiger partial charge is 0.232 e. The van der Waals surface area contributed by atoms with E-state index in [9.17, 15) is 4.55 Å². The fraction of sp³-hybridized carbons (Fsp3) is 0.316. The van der Waals surface area contributed by atoms with Crippen molar-refractivity contribution >= 4 is 49.8 Å². The number of aromatic nitrogens is 4. The van der Waals surface area contributed by atoms with Gasteiger partial charge in [0.05, 0.1) is 11.9 Å². The largest absolute Gasteiger partial charge is 0.611 e. The molecule has 0 spiro atoms. The van der Waals surface area contributed by atoms with Gasteiger partial charge in [0.15, 0.2) is 0 Å². The Morgan fingerprint density at radius 2 is 2.14 bits per heavy atom. The fourth-order valence-corrected chi connectivity index (χ4v) is 7.21. The monoisotopic (exact) mass is 429 g/mol. The molecular formula is C19H19N5OS3. The molecule has 1 aliphatic rings. The molecule has 0 aliphatic heterocycles. The average molecular weight is 430 g/mol. The van der Waals surface area contributed by atoms with E-state index in [4.69, 9.17) is 10.7 Å². The summed E-state index contributed by atoms with van der Waals surface area (Å²) in [4.78, 5) is 14.5. The number of hydrogen-bond acceptors (Lipinski definition) is 7. The molecule has 1 unspecified atom stereocenters. The Morgan fingerprint density at radius 1 is 1.32 bits per heavy atom. The van der Waals surface area contributed by atoms with Crippen molar-refractivity contribution in [1.29, 1.82) is 0 Å². The van der Waals surface area contributed by atoms with Crippen molar-refractivity contribution in [3.05, 3.63) is 29.7 Å². The van der Waals surface area contributed by atoms with Crippen molar-refractivity contribution in [3.63, 3.8) is 0 Å². The number of rotatable bonds is 4. The number of nitrogens with two attached hydrogens (primary N) is 1. The molecule has 4 aromatic heterocycles. The van der Waals surface area contributed by atoms with Crippen molar-refractivity contribution in [1.82, 2.24) is 19.5 Å². The molecule has 28 heavy (non-hydrogen) atoms. The molecule has 0 amide bonds. The van der Waals surface area contributed by atoms with E-state index in [0.717, 1.165) is 61.5 Å². The molecule has 4 heterocycles. The summed E-state index contributed by atoms with van der Waals surface area (Å²) in [7, 11) is 1.99. The summed E-state index contributed by atoms with van der Waals surface area (Å²) in [6, 6.07) is 2.02. The topological polar surface area (TPSA) is 92.7 Å². The zero-order valence-corrected chi connectivity index (χ0v) is 18.0. The highest BCUT2D eigenvalue weighted by atomic mass is 32.2. The van der Waals surface area contributed by atoms with Gasteiger partial charge in [-0.25, -0.2) is 15.0 Å². The maximum atomic E-state index is 13.0. The number of imidazole rings is 1. The third-order valence-electron chi connectivity index (χ3n) is 5.35. The van der Waals surface area contributed by atoms with Crippen LogP contribution in [0.5, 0.6) is 0 Å². The minimum atomic E-state index is -1.08. The number of thiazole rings is 1. The van der Waals surface area contributed by atoms with E-state index < -0.39 is 11.2 Å². The second-order valence-electron chi connectivity index (χ2n) is 6.98. The minimum absolute atomic E-state index is 0.219. The van der Waals surface area contributed by atoms with Gasteiger partial charge in [-0.05, 0) is 32.3 Å². The van der Waals surface area contributed by atoms with E-state index in [2.05, 4.69) is 9.97 Å². The van der Waals surface area contributed by atoms with E-state index in [1.165, 1.54) is 11.3 Å². The minimum Gasteiger partial charge on any atom is -0.611 e. The standard InChI is InChI=1S/C19H19N5OS3/c1-10-22-9-14(24(10)2)12-8-13(17-21-6-7-26-17)23-18-15(12)16(20)19(27-18)28(25)11-4-3-5-11/h6-9,11H,3-5,20H2,1-2H3. The lowest BCUT2D eigenvalue weighted by molar-refractivity contribution is 0.478. The molecule has 5 rings (SSSR count). The van der Waals surface area contributed by atoms with Gasteiger partial charge in [-0.15, -0.1) is 11.3 Å². The van der Waals surface area contributed by atoms with E-state index in [0.29, 0.717) is 5.69 Å². The van der Waals surface area contributed by atoms with Crippen LogP contribution < -0.4 is 5.73 Å². The lowest BCUT2D eigenvalue weighted by Crippen LogP contribution is -2.28. The summed E-state index contributed by atoms with van der Waals surface area (Å²) in [5.74, 6) is 0.919. The van der Waals surface area contributed by atoms with Crippen molar-refractivity contribution in [2.24, 2.45) is 7.05 Å². The average Bonchev–Trinajstić information content (AvgIpc) is 3.34. The van der Waals surface area contributed by atoms with Gasteiger partial charge < -0.3 is 14.9 Å². The van der Waals surface area contributed by atoms with Crippen LogP contribution in [0, 0.1) is 6.92 Å². The van der Waals surface area contributed by atoms with Crippen molar-refractivity contribution in [3.8, 4) is 22.0 Å². The van der Waals surface area contributed by atoms with Gasteiger partial charge in [-0.1, -0.05) is 11.3 Å². The zero-order chi connectivity index (χ0) is 19.4. The molecule has 0 aromatic carbocycles. The van der Waals surface area contributed by atoms with Crippen LogP contribution in [0.2, 0.25) is 0 Å². The maximum absolute atomic E-state index is 13.0. The van der Waals surface area contributed by atoms with Gasteiger partial charge in [0.25, 0.3) is 0 Å². The lowest BCUT2D eigenvalue weighted by atomic mass is 10.0. The number of aryl methyl sites for hydroxylation is 1. The van der Waals surface area contributed by atoms with Gasteiger partial charge >= 0.3 is 0 Å². The quantitative estimate of drug-likeness (QED) is 0.486. The first-order chi connectivity index (χ1) is 13.5. The van der Waals surface area contributed by atoms with Gasteiger partial charge in [-0.2, -0.15) is 0 Å². The normalized spacial score (nSPS) is 15.8. The SMILES string of the molecule is Cc1ncc(-c2cc(-c3nccs3)nc3sc([S+]([O-])C4CCC4)c(N)c23)n1C. The maximum Gasteiger partial charge on any atom is 0.232 e. The summed E-state index contributed by atoms with van der Waals surface area (Å²) >= 11 is 1.93. The highest BCUT2D eigenvalue weighted by Crippen LogP contribution is 2.45. The Balaban J connectivity index is 1.77. The number of thiophene rings is 1. The van der Waals surface area contributed by atoms with Crippen LogP contribution in [-0.4, -0.2) is 29.3 Å². The lowest BCUT2D eigenvalue weighted by Gasteiger charge is -2.27. The Bertz CT molecular complexity index is 1160. The molecule has 6 nitrogen and oxygen atoms in total. The van der Waals surface area contributed by atoms with Crippen LogP contribution in [-0.2, 0) is 18.2 Å². The molecule has 0 radical (unpaired) electrons. The molecule has 4 aromatic rings. The third-order valence-corrected chi connectivity index (χ3v) is 9.45. The summed E-state index contributed by atoms with van der Waals surface area (Å²) in [5, 5.41) is 3.89. The fourth-order valence-electron chi connectivity index (χ4n) is 3.40. The Hall–Kier alpha value is -1.94. The molecule has 2 N–H and O–H groups in total. The number of hydrogen-bond donors (Lipinski definition) is 1. The number of fused-ring (bicyclic) bond motifs is 1. The van der Waals surface area contributed by atoms with E-state index in [-0.39, 0.29) is 5.25 Å². The van der Waals surface area contributed by atoms with Crippen LogP contribution in [0.3, 0.4) is 0 Å². The van der Waals surface area contributed by atoms with E-state index >= 15 is 0 Å². The number of anilines is 1. The third kappa shape index (κ3) is 2.76. The van der Waals surface area contributed by atoms with Gasteiger partial charge in [0, 0.05) is 40.8 Å². The predicted octanol–water partition coefficient (Wildman–Crippen LogP) is 4.37. The van der Waals surface area contributed by atoms with Crippen molar-refractivity contribution in [2.45, 2.75) is 35.6 Å². The Morgan fingerprint density at radius 3 is 2.75 bits per heavy atom. The molecule has 1 aliphatic carbocycles. The van der Waals surface area contributed by atoms with E-state index in [1.807, 2.05) is 36.2 Å². The summed E-state index contributed by atoms with van der Waals surface area (Å²) in [6.45, 7) is 1.97. The van der Waals surface area contributed by atoms with Crippen LogP contribution >= 0.6 is 22.7 Å². The number of nitrogens with zero attached hydrogens (tertiary/aromatic N) is 4. The van der Waals surface area contributed by atoms with Gasteiger partial charge in [0.1, 0.15) is 32.3 Å². The van der Waals surface area contributed by atoms with E-state index in [1.54, 1.807) is 17.5 Å². The molecule has 1 atom stereocenters. The molecule has 1 fully saturated rings. The van der Waals surface area contributed by atoms with Crippen LogP contribution in [0.4, 0.5) is 5.69 Å². The summed E-state index contributed by atoms with van der Waals surface area (Å²) < 4.78 is 15.8. The van der Waals surface area contributed by atoms with Crippen molar-refractivity contribution in [2.75, 3.05) is 5.73 Å². The summed E-state index contributed by atoms with van der Waals surface area (Å²) in [6.07, 6.45) is 6.79. The Labute approximate surface area is 173 Å². The molecule has 0 saturated heterocycles. The van der Waals surface area contributed by atoms with Gasteiger partial charge in [0.2, 0.25) is 4.21 Å². The zero-order valence-electron chi connectivity index (χ0n) is 15.5. The molecule has 9 heteroatoms. The summed E-state index contributed by atoms with van der Waals surface area (Å²) in [5.41, 5.74) is 9.88. The number of nitrogen functional groups attached to an aromatic ring is 1. The molecule has 1 saturated carbocycles. The highest BCUT2D eigenvalue weighted by Gasteiger charge is 2.35. The predicted molar refractivity (Wildman–Crippen MR) is 116 cm³/mol. The second-order valence-corrected chi connectivity index (χ2v) is 10.8. The van der Waals surface area contributed by atoms with Crippen LogP contribution in [0.15, 0.2) is 28.0 Å². The first-order valence-electron chi connectivity index (χ1n) is 9.06. The molecule has 0 bridgehead atoms. The molecule has 144 valence electrons. The highest BCUT2D eigenvalue weighted by molar-refractivity contribution is 7.94. The van der Waals surface area contributed by atoms with Crippen LogP contribution in [0.1, 0.15) is 25.1 Å². The van der Waals surface area contributed by atoms with Gasteiger partial charge in [-0.3, -0.25) is 0 Å².